The van der Waals surface area contributed by atoms with Gasteiger partial charge in [0.15, 0.2) is 0 Å². The Morgan fingerprint density at radius 2 is 1.45 bits per heavy atom. The van der Waals surface area contributed by atoms with E-state index in [9.17, 15) is 5.11 Å². The van der Waals surface area contributed by atoms with Crippen LogP contribution in [-0.2, 0) is 4.74 Å². The van der Waals surface area contributed by atoms with Crippen LogP contribution in [-0.4, -0.2) is 46.9 Å². The molecule has 172 valence electrons. The fourth-order valence-electron chi connectivity index (χ4n) is 5.34. The lowest BCUT2D eigenvalue weighted by molar-refractivity contribution is -0.110. The average molecular weight is 410 g/mol. The molecular formula is C26H51NO2. The van der Waals surface area contributed by atoms with Crippen LogP contribution >= 0.6 is 0 Å². The second kappa shape index (κ2) is 8.43. The van der Waals surface area contributed by atoms with Gasteiger partial charge in [-0.3, -0.25) is 4.90 Å². The molecule has 0 spiro atoms. The van der Waals surface area contributed by atoms with Gasteiger partial charge in [-0.1, -0.05) is 55.4 Å². The average Bonchev–Trinajstić information content (AvgIpc) is 2.59. The van der Waals surface area contributed by atoms with Gasteiger partial charge in [-0.15, -0.1) is 0 Å². The van der Waals surface area contributed by atoms with Crippen LogP contribution in [0.2, 0.25) is 0 Å². The third kappa shape index (κ3) is 5.98. The summed E-state index contributed by atoms with van der Waals surface area (Å²) in [6.45, 7) is 26.2. The molecule has 1 aliphatic heterocycles. The van der Waals surface area contributed by atoms with Crippen molar-refractivity contribution in [1.29, 1.82) is 0 Å². The quantitative estimate of drug-likeness (QED) is 0.579. The van der Waals surface area contributed by atoms with Crippen LogP contribution in [0.25, 0.3) is 0 Å². The first-order valence-electron chi connectivity index (χ1n) is 12.1. The molecule has 0 bridgehead atoms. The summed E-state index contributed by atoms with van der Waals surface area (Å²) in [5.74, 6) is 0.716. The molecule has 3 nitrogen and oxygen atoms in total. The first-order valence-corrected chi connectivity index (χ1v) is 12.1. The Morgan fingerprint density at radius 3 is 1.93 bits per heavy atom. The molecule has 1 heterocycles. The summed E-state index contributed by atoms with van der Waals surface area (Å²) >= 11 is 0. The number of rotatable bonds is 5. The van der Waals surface area contributed by atoms with Gasteiger partial charge in [0.2, 0.25) is 0 Å². The summed E-state index contributed by atoms with van der Waals surface area (Å²) in [6.07, 6.45) is 7.00. The molecule has 0 aromatic heterocycles. The van der Waals surface area contributed by atoms with E-state index in [0.29, 0.717) is 17.4 Å². The molecule has 2 rings (SSSR count). The van der Waals surface area contributed by atoms with E-state index in [1.165, 1.54) is 12.8 Å². The Morgan fingerprint density at radius 1 is 0.897 bits per heavy atom. The highest BCUT2D eigenvalue weighted by Crippen LogP contribution is 2.49. The van der Waals surface area contributed by atoms with E-state index in [2.05, 4.69) is 74.1 Å². The molecule has 0 amide bonds. The maximum atomic E-state index is 11.1. The lowest BCUT2D eigenvalue weighted by Crippen LogP contribution is -2.56. The minimum absolute atomic E-state index is 0.0238. The molecule has 1 saturated heterocycles. The Kier molecular flexibility index (Phi) is 7.31. The third-order valence-corrected chi connectivity index (χ3v) is 8.58. The molecule has 1 unspecified atom stereocenters. The Hall–Kier alpha value is -0.120. The molecule has 3 heteroatoms. The predicted molar refractivity (Wildman–Crippen MR) is 124 cm³/mol. The Balaban J connectivity index is 1.94. The van der Waals surface area contributed by atoms with Crippen LogP contribution in [0.4, 0.5) is 0 Å². The number of ether oxygens (including phenoxy) is 1. The van der Waals surface area contributed by atoms with Gasteiger partial charge in [0.1, 0.15) is 0 Å². The maximum Gasteiger partial charge on any atom is 0.0750 e. The van der Waals surface area contributed by atoms with E-state index >= 15 is 0 Å². The lowest BCUT2D eigenvalue weighted by atomic mass is 9.60. The first-order chi connectivity index (χ1) is 13.0. The van der Waals surface area contributed by atoms with Gasteiger partial charge in [0.25, 0.3) is 0 Å². The number of aliphatic hydroxyl groups is 1. The largest absolute Gasteiger partial charge is 0.389 e. The molecule has 1 saturated carbocycles. The standard InChI is InChI=1S/C26H51NO2/c1-22(2,3)21-19-27(17-18-29-21)25(9,10)16-15-24(7,8)20-11-13-26(28,14-12-20)23(4,5)6/h20-21,28H,11-19H2,1-10H3. The Labute approximate surface area is 182 Å². The van der Waals surface area contributed by atoms with Gasteiger partial charge in [0, 0.05) is 18.6 Å². The number of hydrogen-bond acceptors (Lipinski definition) is 3. The van der Waals surface area contributed by atoms with Crippen molar-refractivity contribution in [3.63, 3.8) is 0 Å². The van der Waals surface area contributed by atoms with Gasteiger partial charge in [0.05, 0.1) is 18.3 Å². The molecule has 2 fully saturated rings. The highest BCUT2D eigenvalue weighted by atomic mass is 16.5. The minimum atomic E-state index is -0.491. The van der Waals surface area contributed by atoms with Crippen LogP contribution in [0.15, 0.2) is 0 Å². The summed E-state index contributed by atoms with van der Waals surface area (Å²) < 4.78 is 6.09. The zero-order valence-electron chi connectivity index (χ0n) is 21.3. The maximum absolute atomic E-state index is 11.1. The van der Waals surface area contributed by atoms with Crippen LogP contribution in [0, 0.1) is 22.2 Å². The molecule has 0 radical (unpaired) electrons. The van der Waals surface area contributed by atoms with Crippen molar-refractivity contribution in [1.82, 2.24) is 4.90 Å². The van der Waals surface area contributed by atoms with Crippen molar-refractivity contribution in [2.24, 2.45) is 22.2 Å². The SMILES string of the molecule is CC(C)(C)C1CN(C(C)(C)CCC(C)(C)C2CCC(O)(C(C)(C)C)CC2)CCO1. The second-order valence-corrected chi connectivity index (χ2v) is 13.5. The van der Waals surface area contributed by atoms with Crippen LogP contribution in [0.3, 0.4) is 0 Å². The van der Waals surface area contributed by atoms with Crippen molar-refractivity contribution in [2.75, 3.05) is 19.7 Å². The summed E-state index contributed by atoms with van der Waals surface area (Å²) in [4.78, 5) is 2.67. The molecule has 0 aromatic carbocycles. The zero-order valence-corrected chi connectivity index (χ0v) is 21.3. The minimum Gasteiger partial charge on any atom is -0.389 e. The van der Waals surface area contributed by atoms with Crippen molar-refractivity contribution in [3.8, 4) is 0 Å². The molecule has 1 aliphatic carbocycles. The van der Waals surface area contributed by atoms with E-state index in [1.807, 2.05) is 0 Å². The molecule has 1 atom stereocenters. The summed E-state index contributed by atoms with van der Waals surface area (Å²) in [5, 5.41) is 11.1. The molecular weight excluding hydrogens is 358 g/mol. The van der Waals surface area contributed by atoms with Gasteiger partial charge >= 0.3 is 0 Å². The van der Waals surface area contributed by atoms with E-state index in [1.54, 1.807) is 0 Å². The van der Waals surface area contributed by atoms with Gasteiger partial charge in [-0.2, -0.15) is 0 Å². The zero-order chi connectivity index (χ0) is 22.3. The predicted octanol–water partition coefficient (Wildman–Crippen LogP) is 6.29. The first kappa shape index (κ1) is 25.1. The van der Waals surface area contributed by atoms with Crippen LogP contribution in [0.5, 0.6) is 0 Å². The summed E-state index contributed by atoms with van der Waals surface area (Å²) in [5.41, 5.74) is 0.205. The smallest absolute Gasteiger partial charge is 0.0750 e. The Bertz CT molecular complexity index is 530. The van der Waals surface area contributed by atoms with E-state index in [4.69, 9.17) is 4.74 Å². The van der Waals surface area contributed by atoms with E-state index in [0.717, 1.165) is 45.4 Å². The molecule has 1 N–H and O–H groups in total. The summed E-state index contributed by atoms with van der Waals surface area (Å²) in [6, 6.07) is 0. The monoisotopic (exact) mass is 409 g/mol. The van der Waals surface area contributed by atoms with Crippen molar-refractivity contribution < 1.29 is 9.84 Å². The number of nitrogens with zero attached hydrogens (tertiary/aromatic N) is 1. The second-order valence-electron chi connectivity index (χ2n) is 13.5. The van der Waals surface area contributed by atoms with Crippen molar-refractivity contribution >= 4 is 0 Å². The fraction of sp³-hybridized carbons (Fsp3) is 1.00. The number of morpholine rings is 1. The van der Waals surface area contributed by atoms with Crippen molar-refractivity contribution in [2.45, 2.75) is 125 Å². The van der Waals surface area contributed by atoms with Gasteiger partial charge in [-0.05, 0) is 74.5 Å². The van der Waals surface area contributed by atoms with Gasteiger partial charge in [-0.25, -0.2) is 0 Å². The highest BCUT2D eigenvalue weighted by molar-refractivity contribution is 4.98. The van der Waals surface area contributed by atoms with E-state index in [-0.39, 0.29) is 16.4 Å². The lowest BCUT2D eigenvalue weighted by Gasteiger charge is -2.50. The molecule has 2 aliphatic rings. The van der Waals surface area contributed by atoms with Crippen LogP contribution < -0.4 is 0 Å². The van der Waals surface area contributed by atoms with E-state index < -0.39 is 5.60 Å². The van der Waals surface area contributed by atoms with Gasteiger partial charge < -0.3 is 9.84 Å². The highest BCUT2D eigenvalue weighted by Gasteiger charge is 2.46. The normalized spacial score (nSPS) is 31.1. The number of hydrogen-bond donors (Lipinski definition) is 1. The van der Waals surface area contributed by atoms with Crippen molar-refractivity contribution in [3.05, 3.63) is 0 Å². The fourth-order valence-corrected chi connectivity index (χ4v) is 5.34. The molecule has 0 aromatic rings. The topological polar surface area (TPSA) is 32.7 Å². The van der Waals surface area contributed by atoms with Crippen LogP contribution in [0.1, 0.15) is 108 Å². The summed E-state index contributed by atoms with van der Waals surface area (Å²) in [7, 11) is 0. The third-order valence-electron chi connectivity index (χ3n) is 8.58. The molecule has 29 heavy (non-hydrogen) atoms.